The number of nitrogens with two attached hydrogens (primary N) is 1. The number of hydrogen-bond donors (Lipinski definition) is 1. The average molecular weight is 244 g/mol. The summed E-state index contributed by atoms with van der Waals surface area (Å²) in [4.78, 5) is 2.12. The van der Waals surface area contributed by atoms with Crippen LogP contribution in [0.3, 0.4) is 0 Å². The van der Waals surface area contributed by atoms with E-state index in [9.17, 15) is 4.39 Å². The smallest absolute Gasteiger partial charge is 0.127 e. The number of hydrogen-bond acceptors (Lipinski definition) is 2. The Bertz CT molecular complexity index is 511. The van der Waals surface area contributed by atoms with E-state index in [1.165, 1.54) is 6.07 Å². The number of benzene rings is 2. The minimum absolute atomic E-state index is 0.231. The van der Waals surface area contributed by atoms with Gasteiger partial charge in [0.2, 0.25) is 0 Å². The lowest BCUT2D eigenvalue weighted by molar-refractivity contribution is 0.609. The Labute approximate surface area is 107 Å². The molecule has 0 unspecified atom stereocenters. The maximum atomic E-state index is 13.3. The molecule has 2 N–H and O–H groups in total. The van der Waals surface area contributed by atoms with Crippen molar-refractivity contribution >= 4 is 5.69 Å². The second kappa shape index (κ2) is 5.65. The maximum Gasteiger partial charge on any atom is 0.127 e. The van der Waals surface area contributed by atoms with Crippen molar-refractivity contribution in [1.29, 1.82) is 0 Å². The van der Waals surface area contributed by atoms with Crippen molar-refractivity contribution in [2.24, 2.45) is 5.73 Å². The van der Waals surface area contributed by atoms with Gasteiger partial charge in [-0.1, -0.05) is 24.3 Å². The number of anilines is 1. The van der Waals surface area contributed by atoms with Crippen LogP contribution < -0.4 is 10.6 Å². The molecule has 2 rings (SSSR count). The summed E-state index contributed by atoms with van der Waals surface area (Å²) in [6, 6.07) is 15.2. The number of nitrogens with zero attached hydrogens (tertiary/aromatic N) is 1. The second-order valence-corrected chi connectivity index (χ2v) is 4.32. The molecule has 0 spiro atoms. The van der Waals surface area contributed by atoms with E-state index in [-0.39, 0.29) is 12.4 Å². The summed E-state index contributed by atoms with van der Waals surface area (Å²) in [6.45, 7) is 0.964. The third-order valence-electron chi connectivity index (χ3n) is 2.95. The van der Waals surface area contributed by atoms with E-state index < -0.39 is 0 Å². The summed E-state index contributed by atoms with van der Waals surface area (Å²) >= 11 is 0. The molecule has 0 amide bonds. The molecule has 94 valence electrons. The first kappa shape index (κ1) is 12.6. The predicted molar refractivity (Wildman–Crippen MR) is 72.8 cm³/mol. The molecular formula is C15H17FN2. The van der Waals surface area contributed by atoms with Crippen LogP contribution in [0, 0.1) is 5.82 Å². The molecule has 0 aliphatic heterocycles. The first-order valence-corrected chi connectivity index (χ1v) is 5.94. The monoisotopic (exact) mass is 244 g/mol. The minimum atomic E-state index is -0.233. The Morgan fingerprint density at radius 2 is 1.83 bits per heavy atom. The quantitative estimate of drug-likeness (QED) is 0.896. The average Bonchev–Trinajstić information content (AvgIpc) is 2.42. The standard InChI is InChI=1S/C15H17FN2/c1-18(14-5-3-2-4-6-14)11-12-7-8-15(16)13(9-12)10-17/h2-9H,10-11,17H2,1H3. The minimum Gasteiger partial charge on any atom is -0.370 e. The molecule has 0 bridgehead atoms. The highest BCUT2D eigenvalue weighted by Crippen LogP contribution is 2.16. The van der Waals surface area contributed by atoms with Crippen LogP contribution in [0.15, 0.2) is 48.5 Å². The van der Waals surface area contributed by atoms with E-state index in [4.69, 9.17) is 5.73 Å². The van der Waals surface area contributed by atoms with E-state index in [1.54, 1.807) is 6.07 Å². The molecule has 0 aliphatic carbocycles. The molecule has 0 saturated carbocycles. The van der Waals surface area contributed by atoms with Gasteiger partial charge in [-0.15, -0.1) is 0 Å². The number of para-hydroxylation sites is 1. The molecule has 0 atom stereocenters. The van der Waals surface area contributed by atoms with Gasteiger partial charge in [-0.25, -0.2) is 4.39 Å². The third-order valence-corrected chi connectivity index (χ3v) is 2.95. The van der Waals surface area contributed by atoms with Gasteiger partial charge in [0.25, 0.3) is 0 Å². The highest BCUT2D eigenvalue weighted by molar-refractivity contribution is 5.45. The van der Waals surface area contributed by atoms with Crippen LogP contribution in [-0.4, -0.2) is 7.05 Å². The van der Waals surface area contributed by atoms with E-state index in [1.807, 2.05) is 43.4 Å². The summed E-state index contributed by atoms with van der Waals surface area (Å²) in [5.41, 5.74) is 8.27. The summed E-state index contributed by atoms with van der Waals surface area (Å²) < 4.78 is 13.3. The Hall–Kier alpha value is -1.87. The van der Waals surface area contributed by atoms with Crippen molar-refractivity contribution < 1.29 is 4.39 Å². The van der Waals surface area contributed by atoms with Gasteiger partial charge in [0.1, 0.15) is 5.82 Å². The molecule has 2 aromatic rings. The molecule has 3 heteroatoms. The van der Waals surface area contributed by atoms with Crippen LogP contribution in [0.1, 0.15) is 11.1 Å². The fourth-order valence-electron chi connectivity index (χ4n) is 1.93. The van der Waals surface area contributed by atoms with Gasteiger partial charge in [0, 0.05) is 31.4 Å². The highest BCUT2D eigenvalue weighted by atomic mass is 19.1. The van der Waals surface area contributed by atoms with Crippen molar-refractivity contribution in [1.82, 2.24) is 0 Å². The van der Waals surface area contributed by atoms with Crippen LogP contribution in [-0.2, 0) is 13.1 Å². The van der Waals surface area contributed by atoms with E-state index in [0.717, 1.165) is 17.8 Å². The number of halogens is 1. The largest absolute Gasteiger partial charge is 0.370 e. The van der Waals surface area contributed by atoms with Gasteiger partial charge in [-0.2, -0.15) is 0 Å². The van der Waals surface area contributed by atoms with E-state index >= 15 is 0 Å². The van der Waals surface area contributed by atoms with Crippen LogP contribution in [0.2, 0.25) is 0 Å². The zero-order valence-corrected chi connectivity index (χ0v) is 10.4. The molecule has 0 radical (unpaired) electrons. The molecule has 0 aliphatic rings. The van der Waals surface area contributed by atoms with Crippen molar-refractivity contribution in [2.75, 3.05) is 11.9 Å². The molecule has 2 nitrogen and oxygen atoms in total. The van der Waals surface area contributed by atoms with Gasteiger partial charge >= 0.3 is 0 Å². The lowest BCUT2D eigenvalue weighted by Crippen LogP contribution is -2.16. The van der Waals surface area contributed by atoms with Crippen molar-refractivity contribution in [3.05, 3.63) is 65.5 Å². The van der Waals surface area contributed by atoms with Crippen LogP contribution >= 0.6 is 0 Å². The van der Waals surface area contributed by atoms with Gasteiger partial charge in [0.05, 0.1) is 0 Å². The molecule has 0 heterocycles. The van der Waals surface area contributed by atoms with Gasteiger partial charge in [-0.05, 0) is 29.8 Å². The van der Waals surface area contributed by atoms with Crippen LogP contribution in [0.4, 0.5) is 10.1 Å². The molecular weight excluding hydrogens is 227 g/mol. The highest BCUT2D eigenvalue weighted by Gasteiger charge is 2.05. The van der Waals surface area contributed by atoms with Crippen molar-refractivity contribution in [3.8, 4) is 0 Å². The Balaban J connectivity index is 2.14. The summed E-state index contributed by atoms with van der Waals surface area (Å²) in [5, 5.41) is 0. The van der Waals surface area contributed by atoms with E-state index in [0.29, 0.717) is 5.56 Å². The van der Waals surface area contributed by atoms with Gasteiger partial charge in [0.15, 0.2) is 0 Å². The summed E-state index contributed by atoms with van der Waals surface area (Å²) in [7, 11) is 2.01. The number of rotatable bonds is 4. The lowest BCUT2D eigenvalue weighted by atomic mass is 10.1. The Morgan fingerprint density at radius 3 is 2.50 bits per heavy atom. The predicted octanol–water partition coefficient (Wildman–Crippen LogP) is 2.92. The molecule has 18 heavy (non-hydrogen) atoms. The zero-order valence-electron chi connectivity index (χ0n) is 10.4. The summed E-state index contributed by atoms with van der Waals surface area (Å²) in [5.74, 6) is -0.233. The zero-order chi connectivity index (χ0) is 13.0. The van der Waals surface area contributed by atoms with E-state index in [2.05, 4.69) is 4.90 Å². The van der Waals surface area contributed by atoms with Crippen LogP contribution in [0.25, 0.3) is 0 Å². The summed E-state index contributed by atoms with van der Waals surface area (Å²) in [6.07, 6.45) is 0. The van der Waals surface area contributed by atoms with Crippen molar-refractivity contribution in [3.63, 3.8) is 0 Å². The fraction of sp³-hybridized carbons (Fsp3) is 0.200. The topological polar surface area (TPSA) is 29.3 Å². The Morgan fingerprint density at radius 1 is 1.11 bits per heavy atom. The van der Waals surface area contributed by atoms with Gasteiger partial charge < -0.3 is 10.6 Å². The molecule has 0 fully saturated rings. The SMILES string of the molecule is CN(Cc1ccc(F)c(CN)c1)c1ccccc1. The lowest BCUT2D eigenvalue weighted by Gasteiger charge is -2.19. The second-order valence-electron chi connectivity index (χ2n) is 4.32. The Kier molecular flexibility index (Phi) is 3.95. The maximum absolute atomic E-state index is 13.3. The fourth-order valence-corrected chi connectivity index (χ4v) is 1.93. The third kappa shape index (κ3) is 2.87. The van der Waals surface area contributed by atoms with Crippen LogP contribution in [0.5, 0.6) is 0 Å². The van der Waals surface area contributed by atoms with Gasteiger partial charge in [-0.3, -0.25) is 0 Å². The molecule has 2 aromatic carbocycles. The first-order chi connectivity index (χ1) is 8.70. The first-order valence-electron chi connectivity index (χ1n) is 5.94. The molecule has 0 saturated heterocycles. The molecule has 0 aromatic heterocycles. The normalized spacial score (nSPS) is 10.4. The van der Waals surface area contributed by atoms with Crippen molar-refractivity contribution in [2.45, 2.75) is 13.1 Å².